The number of amides is 1. The molecule has 2 aromatic heterocycles. The first-order valence-electron chi connectivity index (χ1n) is 8.58. The minimum atomic E-state index is -0.0700. The maximum Gasteiger partial charge on any atom is 0.274 e. The largest absolute Gasteiger partial charge is 0.343 e. The van der Waals surface area contributed by atoms with Gasteiger partial charge < -0.3 is 4.90 Å². The van der Waals surface area contributed by atoms with E-state index in [2.05, 4.69) is 25.4 Å². The van der Waals surface area contributed by atoms with Crippen molar-refractivity contribution in [2.24, 2.45) is 0 Å². The fourth-order valence-electron chi connectivity index (χ4n) is 3.18. The number of nitrogens with one attached hydrogen (secondary N) is 1. The van der Waals surface area contributed by atoms with E-state index < -0.39 is 0 Å². The molecule has 0 fully saturated rings. The van der Waals surface area contributed by atoms with Crippen molar-refractivity contribution in [2.75, 3.05) is 20.6 Å². The van der Waals surface area contributed by atoms with Gasteiger partial charge in [0.25, 0.3) is 5.91 Å². The second kappa shape index (κ2) is 6.72. The average molecular weight is 351 g/mol. The Bertz CT molecular complexity index is 913. The molecule has 1 N–H and O–H groups in total. The first-order chi connectivity index (χ1) is 12.6. The third kappa shape index (κ3) is 3.11. The average Bonchev–Trinajstić information content (AvgIpc) is 3.28. The van der Waals surface area contributed by atoms with Crippen molar-refractivity contribution in [3.05, 3.63) is 59.2 Å². The van der Waals surface area contributed by atoms with Gasteiger partial charge in [0, 0.05) is 51.4 Å². The molecule has 0 bridgehead atoms. The van der Waals surface area contributed by atoms with Crippen molar-refractivity contribution in [3.8, 4) is 5.69 Å². The summed E-state index contributed by atoms with van der Waals surface area (Å²) < 4.78 is 1.78. The van der Waals surface area contributed by atoms with E-state index in [9.17, 15) is 4.79 Å². The normalized spacial score (nSPS) is 14.2. The van der Waals surface area contributed by atoms with Crippen LogP contribution in [0.1, 0.15) is 27.4 Å². The van der Waals surface area contributed by atoms with Crippen molar-refractivity contribution in [2.45, 2.75) is 19.5 Å². The van der Waals surface area contributed by atoms with Gasteiger partial charge in [-0.05, 0) is 12.1 Å². The summed E-state index contributed by atoms with van der Waals surface area (Å²) in [4.78, 5) is 16.1. The summed E-state index contributed by atoms with van der Waals surface area (Å²) in [5.74, 6) is -0.0700. The maximum absolute atomic E-state index is 12.3. The number of carbonyl (C=O) groups excluding carboxylic acids is 1. The lowest BCUT2D eigenvalue weighted by molar-refractivity contribution is 0.0819. The van der Waals surface area contributed by atoms with E-state index in [1.807, 2.05) is 36.5 Å². The van der Waals surface area contributed by atoms with Crippen LogP contribution in [0.25, 0.3) is 5.69 Å². The molecular formula is C18H21N7O. The van der Waals surface area contributed by atoms with Gasteiger partial charge in [0.05, 0.1) is 17.6 Å². The number of H-pyrrole nitrogens is 1. The van der Waals surface area contributed by atoms with Gasteiger partial charge in [-0.25, -0.2) is 4.68 Å². The fraction of sp³-hybridized carbons (Fsp3) is 0.333. The van der Waals surface area contributed by atoms with Crippen molar-refractivity contribution in [3.63, 3.8) is 0 Å². The minimum Gasteiger partial charge on any atom is -0.343 e. The first kappa shape index (κ1) is 16.5. The molecule has 1 aliphatic heterocycles. The van der Waals surface area contributed by atoms with Gasteiger partial charge in [0.1, 0.15) is 0 Å². The summed E-state index contributed by atoms with van der Waals surface area (Å²) in [5, 5.41) is 15.7. The number of benzene rings is 1. The molecule has 1 aliphatic rings. The molecule has 3 heterocycles. The van der Waals surface area contributed by atoms with E-state index in [1.54, 1.807) is 23.7 Å². The number of hydrogen-bond acceptors (Lipinski definition) is 5. The van der Waals surface area contributed by atoms with Crippen LogP contribution in [0.5, 0.6) is 0 Å². The fourth-order valence-corrected chi connectivity index (χ4v) is 3.18. The Hall–Kier alpha value is -3.00. The zero-order valence-corrected chi connectivity index (χ0v) is 14.9. The van der Waals surface area contributed by atoms with Crippen molar-refractivity contribution in [1.29, 1.82) is 0 Å². The van der Waals surface area contributed by atoms with Crippen LogP contribution in [0.3, 0.4) is 0 Å². The topological polar surface area (TPSA) is 82.9 Å². The van der Waals surface area contributed by atoms with Gasteiger partial charge in [-0.3, -0.25) is 14.8 Å². The number of rotatable bonds is 4. The van der Waals surface area contributed by atoms with Crippen LogP contribution in [0.4, 0.5) is 0 Å². The lowest BCUT2D eigenvalue weighted by Crippen LogP contribution is -2.32. The molecule has 4 rings (SSSR count). The van der Waals surface area contributed by atoms with Gasteiger partial charge >= 0.3 is 0 Å². The quantitative estimate of drug-likeness (QED) is 0.765. The molecule has 26 heavy (non-hydrogen) atoms. The van der Waals surface area contributed by atoms with E-state index in [4.69, 9.17) is 0 Å². The van der Waals surface area contributed by atoms with Gasteiger partial charge in [-0.2, -0.15) is 5.10 Å². The molecule has 0 spiro atoms. The smallest absolute Gasteiger partial charge is 0.274 e. The van der Waals surface area contributed by atoms with E-state index >= 15 is 0 Å². The highest BCUT2D eigenvalue weighted by molar-refractivity contribution is 5.93. The molecule has 134 valence electrons. The molecule has 0 atom stereocenters. The zero-order valence-electron chi connectivity index (χ0n) is 14.9. The molecule has 1 amide bonds. The minimum absolute atomic E-state index is 0.0700. The number of hydrogen-bond donors (Lipinski definition) is 1. The molecule has 0 radical (unpaired) electrons. The van der Waals surface area contributed by atoms with Crippen LogP contribution < -0.4 is 0 Å². The van der Waals surface area contributed by atoms with E-state index in [1.165, 1.54) is 0 Å². The zero-order chi connectivity index (χ0) is 18.1. The SMILES string of the molecule is CN(C)C(=O)c1n[nH]c2c1CN(Cc1cn(-c3ccccc3)nn1)CC2. The Morgan fingerprint density at radius 1 is 1.27 bits per heavy atom. The van der Waals surface area contributed by atoms with Crippen molar-refractivity contribution < 1.29 is 4.79 Å². The molecule has 8 nitrogen and oxygen atoms in total. The summed E-state index contributed by atoms with van der Waals surface area (Å²) in [7, 11) is 3.48. The molecule has 0 saturated heterocycles. The number of nitrogens with zero attached hydrogens (tertiary/aromatic N) is 6. The van der Waals surface area contributed by atoms with E-state index in [0.29, 0.717) is 18.8 Å². The van der Waals surface area contributed by atoms with Crippen LogP contribution in [0.2, 0.25) is 0 Å². The van der Waals surface area contributed by atoms with Crippen molar-refractivity contribution >= 4 is 5.91 Å². The van der Waals surface area contributed by atoms with Gasteiger partial charge in [-0.1, -0.05) is 23.4 Å². The molecule has 0 aliphatic carbocycles. The second-order valence-electron chi connectivity index (χ2n) is 6.68. The summed E-state index contributed by atoms with van der Waals surface area (Å²) in [6, 6.07) is 9.92. The number of fused-ring (bicyclic) bond motifs is 1. The molecule has 8 heteroatoms. The third-order valence-corrected chi connectivity index (χ3v) is 4.57. The Labute approximate surface area is 151 Å². The Morgan fingerprint density at radius 3 is 2.85 bits per heavy atom. The Morgan fingerprint density at radius 2 is 2.08 bits per heavy atom. The summed E-state index contributed by atoms with van der Waals surface area (Å²) in [6.07, 6.45) is 2.79. The van der Waals surface area contributed by atoms with Crippen LogP contribution in [-0.2, 0) is 19.5 Å². The number of carbonyl (C=O) groups is 1. The predicted molar refractivity (Wildman–Crippen MR) is 95.8 cm³/mol. The van der Waals surface area contributed by atoms with E-state index in [0.717, 1.165) is 35.6 Å². The van der Waals surface area contributed by atoms with Crippen LogP contribution >= 0.6 is 0 Å². The molecular weight excluding hydrogens is 330 g/mol. The highest BCUT2D eigenvalue weighted by Crippen LogP contribution is 2.22. The maximum atomic E-state index is 12.3. The summed E-state index contributed by atoms with van der Waals surface area (Å²) in [5.41, 5.74) is 4.45. The van der Waals surface area contributed by atoms with E-state index in [-0.39, 0.29) is 5.91 Å². The number of aromatic nitrogens is 5. The Kier molecular flexibility index (Phi) is 4.26. The van der Waals surface area contributed by atoms with Crippen LogP contribution in [0.15, 0.2) is 36.5 Å². The van der Waals surface area contributed by atoms with Gasteiger partial charge in [-0.15, -0.1) is 5.10 Å². The van der Waals surface area contributed by atoms with Crippen LogP contribution in [0, 0.1) is 0 Å². The third-order valence-electron chi connectivity index (χ3n) is 4.57. The lowest BCUT2D eigenvalue weighted by atomic mass is 10.0. The highest BCUT2D eigenvalue weighted by Gasteiger charge is 2.26. The van der Waals surface area contributed by atoms with Gasteiger partial charge in [0.2, 0.25) is 0 Å². The molecule has 3 aromatic rings. The van der Waals surface area contributed by atoms with Crippen molar-refractivity contribution in [1.82, 2.24) is 35.0 Å². The lowest BCUT2D eigenvalue weighted by Gasteiger charge is -2.26. The standard InChI is InChI=1S/C18H21N7O/c1-23(2)18(26)17-15-12-24(9-8-16(15)20-21-17)10-13-11-25(22-19-13)14-6-4-3-5-7-14/h3-7,11H,8-10,12H2,1-2H3,(H,20,21). The monoisotopic (exact) mass is 351 g/mol. The Balaban J connectivity index is 1.49. The number of aromatic amines is 1. The molecule has 1 aromatic carbocycles. The van der Waals surface area contributed by atoms with Gasteiger partial charge in [0.15, 0.2) is 5.69 Å². The first-order valence-corrected chi connectivity index (χ1v) is 8.58. The highest BCUT2D eigenvalue weighted by atomic mass is 16.2. The number of para-hydroxylation sites is 1. The molecule has 0 saturated carbocycles. The summed E-state index contributed by atoms with van der Waals surface area (Å²) >= 11 is 0. The predicted octanol–water partition coefficient (Wildman–Crippen LogP) is 1.25. The summed E-state index contributed by atoms with van der Waals surface area (Å²) in [6.45, 7) is 2.26. The van der Waals surface area contributed by atoms with Crippen LogP contribution in [-0.4, -0.2) is 61.5 Å². The molecule has 0 unspecified atom stereocenters. The second-order valence-corrected chi connectivity index (χ2v) is 6.68.